The maximum atomic E-state index is 10.9. The summed E-state index contributed by atoms with van der Waals surface area (Å²) in [5, 5.41) is 9.00. The average Bonchev–Trinajstić information content (AvgIpc) is 2.39. The molecule has 0 aromatic rings. The minimum absolute atomic E-state index is 0. The number of carbonyl (C=O) groups is 1. The van der Waals surface area contributed by atoms with Crippen molar-refractivity contribution >= 4 is 18.4 Å². The first kappa shape index (κ1) is 15.8. The highest BCUT2D eigenvalue weighted by Gasteiger charge is 2.32. The van der Waals surface area contributed by atoms with E-state index in [1.54, 1.807) is 0 Å². The molecule has 0 atom stereocenters. The molecule has 0 unspecified atom stereocenters. The summed E-state index contributed by atoms with van der Waals surface area (Å²) < 4.78 is 0. The molecule has 0 aliphatic heterocycles. The van der Waals surface area contributed by atoms with Crippen molar-refractivity contribution in [2.45, 2.75) is 64.7 Å². The molecule has 0 radical (unpaired) electrons. The van der Waals surface area contributed by atoms with Gasteiger partial charge in [-0.1, -0.05) is 26.2 Å². The van der Waals surface area contributed by atoms with Gasteiger partial charge >= 0.3 is 5.97 Å². The van der Waals surface area contributed by atoms with E-state index < -0.39 is 5.97 Å². The van der Waals surface area contributed by atoms with Crippen LogP contribution in [0.25, 0.3) is 0 Å². The predicted octanol–water partition coefficient (Wildman–Crippen LogP) is 4.52. The Kier molecular flexibility index (Phi) is 6.48. The van der Waals surface area contributed by atoms with E-state index in [9.17, 15) is 4.79 Å². The van der Waals surface area contributed by atoms with Crippen molar-refractivity contribution in [3.8, 4) is 0 Å². The Hall–Kier alpha value is -0.240. The van der Waals surface area contributed by atoms with Crippen LogP contribution in [0.15, 0.2) is 0 Å². The molecule has 2 saturated carbocycles. The lowest BCUT2D eigenvalue weighted by Gasteiger charge is -2.36. The molecular formula is C15H27ClO2. The largest absolute Gasteiger partial charge is 0.481 e. The molecule has 0 aromatic carbocycles. The fourth-order valence-electron chi connectivity index (χ4n) is 3.91. The lowest BCUT2D eigenvalue weighted by molar-refractivity contribution is -0.143. The van der Waals surface area contributed by atoms with Gasteiger partial charge in [0.1, 0.15) is 0 Å². The van der Waals surface area contributed by atoms with Gasteiger partial charge in [-0.05, 0) is 56.3 Å². The molecule has 1 N–H and O–H groups in total. The summed E-state index contributed by atoms with van der Waals surface area (Å²) in [5.41, 5.74) is 0. The van der Waals surface area contributed by atoms with Crippen LogP contribution in [0.4, 0.5) is 0 Å². The first-order valence-electron chi connectivity index (χ1n) is 7.43. The molecule has 2 aliphatic carbocycles. The minimum atomic E-state index is -0.571. The third-order valence-corrected chi connectivity index (χ3v) is 5.26. The monoisotopic (exact) mass is 274 g/mol. The van der Waals surface area contributed by atoms with E-state index in [1.807, 2.05) is 0 Å². The average molecular weight is 275 g/mol. The molecule has 2 aliphatic rings. The van der Waals surface area contributed by atoms with Crippen molar-refractivity contribution in [3.05, 3.63) is 0 Å². The standard InChI is InChI=1S/C15H26O2.ClH/c1-2-11-3-5-12(6-4-11)13-7-9-14(10-8-13)15(16)17;/h11-14H,2-10H2,1H3,(H,16,17);1H. The summed E-state index contributed by atoms with van der Waals surface area (Å²) >= 11 is 0. The highest BCUT2D eigenvalue weighted by molar-refractivity contribution is 5.85. The van der Waals surface area contributed by atoms with Gasteiger partial charge in [-0.15, -0.1) is 12.4 Å². The van der Waals surface area contributed by atoms with Crippen molar-refractivity contribution < 1.29 is 9.90 Å². The van der Waals surface area contributed by atoms with Crippen molar-refractivity contribution in [1.29, 1.82) is 0 Å². The zero-order chi connectivity index (χ0) is 12.3. The zero-order valence-electron chi connectivity index (χ0n) is 11.4. The number of carboxylic acid groups (broad SMARTS) is 1. The lowest BCUT2D eigenvalue weighted by atomic mass is 9.69. The van der Waals surface area contributed by atoms with Gasteiger partial charge in [0.15, 0.2) is 0 Å². The van der Waals surface area contributed by atoms with Crippen LogP contribution in [0.2, 0.25) is 0 Å². The van der Waals surface area contributed by atoms with Gasteiger partial charge in [0.2, 0.25) is 0 Å². The summed E-state index contributed by atoms with van der Waals surface area (Å²) in [5.74, 6) is 2.11. The number of hydrogen-bond donors (Lipinski definition) is 1. The summed E-state index contributed by atoms with van der Waals surface area (Å²) in [4.78, 5) is 10.9. The molecule has 0 saturated heterocycles. The number of hydrogen-bond acceptors (Lipinski definition) is 1. The highest BCUT2D eigenvalue weighted by Crippen LogP contribution is 2.41. The second-order valence-electron chi connectivity index (χ2n) is 6.14. The van der Waals surface area contributed by atoms with Crippen molar-refractivity contribution in [2.24, 2.45) is 23.7 Å². The van der Waals surface area contributed by atoms with Crippen LogP contribution in [0.1, 0.15) is 64.7 Å². The quantitative estimate of drug-likeness (QED) is 0.822. The van der Waals surface area contributed by atoms with Crippen LogP contribution in [0.5, 0.6) is 0 Å². The molecule has 3 heteroatoms. The second kappa shape index (κ2) is 7.37. The predicted molar refractivity (Wildman–Crippen MR) is 76.1 cm³/mol. The molecule has 0 aromatic heterocycles. The Bertz CT molecular complexity index is 251. The van der Waals surface area contributed by atoms with E-state index in [1.165, 1.54) is 44.9 Å². The van der Waals surface area contributed by atoms with Crippen LogP contribution in [-0.4, -0.2) is 11.1 Å². The lowest BCUT2D eigenvalue weighted by Crippen LogP contribution is -2.28. The first-order chi connectivity index (χ1) is 8.20. The molecule has 2 fully saturated rings. The van der Waals surface area contributed by atoms with Crippen molar-refractivity contribution in [1.82, 2.24) is 0 Å². The van der Waals surface area contributed by atoms with E-state index in [2.05, 4.69) is 6.92 Å². The van der Waals surface area contributed by atoms with Crippen LogP contribution >= 0.6 is 12.4 Å². The first-order valence-corrected chi connectivity index (χ1v) is 7.43. The Morgan fingerprint density at radius 3 is 1.78 bits per heavy atom. The molecule has 0 bridgehead atoms. The van der Waals surface area contributed by atoms with Gasteiger partial charge in [-0.2, -0.15) is 0 Å². The zero-order valence-corrected chi connectivity index (χ0v) is 12.3. The third kappa shape index (κ3) is 3.88. The summed E-state index contributed by atoms with van der Waals surface area (Å²) in [7, 11) is 0. The summed E-state index contributed by atoms with van der Waals surface area (Å²) in [6.07, 6.45) is 11.2. The van der Waals surface area contributed by atoms with Gasteiger partial charge < -0.3 is 5.11 Å². The summed E-state index contributed by atoms with van der Waals surface area (Å²) in [6, 6.07) is 0. The molecule has 18 heavy (non-hydrogen) atoms. The van der Waals surface area contributed by atoms with Gasteiger partial charge in [-0.3, -0.25) is 4.79 Å². The number of rotatable bonds is 3. The van der Waals surface area contributed by atoms with Crippen LogP contribution in [0, 0.1) is 23.7 Å². The van der Waals surface area contributed by atoms with E-state index in [4.69, 9.17) is 5.11 Å². The maximum absolute atomic E-state index is 10.9. The third-order valence-electron chi connectivity index (χ3n) is 5.26. The normalized spacial score (nSPS) is 36.7. The molecule has 2 rings (SSSR count). The fraction of sp³-hybridized carbons (Fsp3) is 0.933. The fourth-order valence-corrected chi connectivity index (χ4v) is 3.91. The van der Waals surface area contributed by atoms with Crippen molar-refractivity contribution in [2.75, 3.05) is 0 Å². The van der Waals surface area contributed by atoms with Gasteiger partial charge in [0.25, 0.3) is 0 Å². The summed E-state index contributed by atoms with van der Waals surface area (Å²) in [6.45, 7) is 2.31. The Morgan fingerprint density at radius 1 is 0.944 bits per heavy atom. The SMILES string of the molecule is CCC1CCC(C2CCC(C(=O)O)CC2)CC1.Cl. The van der Waals surface area contributed by atoms with Crippen LogP contribution < -0.4 is 0 Å². The molecule has 0 heterocycles. The minimum Gasteiger partial charge on any atom is -0.481 e. The molecule has 0 spiro atoms. The Morgan fingerprint density at radius 2 is 1.39 bits per heavy atom. The van der Waals surface area contributed by atoms with E-state index in [0.717, 1.165) is 30.6 Å². The van der Waals surface area contributed by atoms with E-state index in [-0.39, 0.29) is 18.3 Å². The van der Waals surface area contributed by atoms with Gasteiger partial charge in [0.05, 0.1) is 5.92 Å². The van der Waals surface area contributed by atoms with E-state index in [0.29, 0.717) is 0 Å². The smallest absolute Gasteiger partial charge is 0.306 e. The van der Waals surface area contributed by atoms with Crippen molar-refractivity contribution in [3.63, 3.8) is 0 Å². The molecule has 106 valence electrons. The Labute approximate surface area is 117 Å². The van der Waals surface area contributed by atoms with Gasteiger partial charge in [-0.25, -0.2) is 0 Å². The van der Waals surface area contributed by atoms with Crippen LogP contribution in [-0.2, 0) is 4.79 Å². The topological polar surface area (TPSA) is 37.3 Å². The molecule has 0 amide bonds. The highest BCUT2D eigenvalue weighted by atomic mass is 35.5. The number of carboxylic acids is 1. The molecule has 2 nitrogen and oxygen atoms in total. The maximum Gasteiger partial charge on any atom is 0.306 e. The Balaban J connectivity index is 0.00000162. The van der Waals surface area contributed by atoms with Crippen LogP contribution in [0.3, 0.4) is 0 Å². The molecular weight excluding hydrogens is 248 g/mol. The van der Waals surface area contributed by atoms with Gasteiger partial charge in [0, 0.05) is 0 Å². The number of aliphatic carboxylic acids is 1. The number of halogens is 1. The van der Waals surface area contributed by atoms with E-state index >= 15 is 0 Å². The second-order valence-corrected chi connectivity index (χ2v) is 6.14.